The van der Waals surface area contributed by atoms with Crippen molar-refractivity contribution in [1.82, 2.24) is 0 Å². The minimum atomic E-state index is 0.995. The van der Waals surface area contributed by atoms with Gasteiger partial charge in [-0.1, -0.05) is 79.1 Å². The molecule has 136 valence electrons. The first-order chi connectivity index (χ1) is 11.2. The zero-order valence-corrected chi connectivity index (χ0v) is 16.7. The molecule has 0 aromatic heterocycles. The molecular formula is C23H44. The van der Waals surface area contributed by atoms with Crippen molar-refractivity contribution in [1.29, 1.82) is 0 Å². The van der Waals surface area contributed by atoms with Gasteiger partial charge in [0, 0.05) is 0 Å². The Morgan fingerprint density at radius 3 is 2.26 bits per heavy atom. The quantitative estimate of drug-likeness (QED) is 0.467. The third kappa shape index (κ3) is 5.79. The van der Waals surface area contributed by atoms with Crippen LogP contribution in [0.5, 0.6) is 0 Å². The van der Waals surface area contributed by atoms with Crippen molar-refractivity contribution < 1.29 is 0 Å². The van der Waals surface area contributed by atoms with Crippen molar-refractivity contribution in [2.45, 2.75) is 111 Å². The minimum Gasteiger partial charge on any atom is -0.0654 e. The van der Waals surface area contributed by atoms with Crippen LogP contribution < -0.4 is 0 Å². The standard InChI is InChI=1S/C23H44/c1-5-10-19(6-2)16-21-11-8-9-12-22-13-14-23(22)18(4)15-20(7-3)17-21/h18-23H,5-17H2,1-4H3. The van der Waals surface area contributed by atoms with E-state index in [0.717, 1.165) is 35.5 Å². The van der Waals surface area contributed by atoms with Crippen LogP contribution in [-0.4, -0.2) is 0 Å². The lowest BCUT2D eigenvalue weighted by atomic mass is 9.64. The first kappa shape index (κ1) is 19.3. The molecule has 2 aliphatic rings. The average Bonchev–Trinajstić information content (AvgIpc) is 2.52. The molecule has 2 fully saturated rings. The van der Waals surface area contributed by atoms with Gasteiger partial charge in [0.2, 0.25) is 0 Å². The van der Waals surface area contributed by atoms with Crippen LogP contribution in [0.15, 0.2) is 0 Å². The maximum Gasteiger partial charge on any atom is -0.0360 e. The Labute approximate surface area is 147 Å². The molecule has 6 unspecified atom stereocenters. The van der Waals surface area contributed by atoms with E-state index in [9.17, 15) is 0 Å². The first-order valence-electron chi connectivity index (χ1n) is 11.2. The monoisotopic (exact) mass is 320 g/mol. The number of hydrogen-bond acceptors (Lipinski definition) is 0. The molecule has 2 rings (SSSR count). The summed E-state index contributed by atoms with van der Waals surface area (Å²) in [6.45, 7) is 9.82. The Morgan fingerprint density at radius 1 is 0.870 bits per heavy atom. The fraction of sp³-hybridized carbons (Fsp3) is 1.00. The van der Waals surface area contributed by atoms with Gasteiger partial charge in [0.15, 0.2) is 0 Å². The molecule has 23 heavy (non-hydrogen) atoms. The fourth-order valence-electron chi connectivity index (χ4n) is 5.84. The maximum absolute atomic E-state index is 2.58. The minimum absolute atomic E-state index is 0.995. The molecule has 0 spiro atoms. The molecular weight excluding hydrogens is 276 g/mol. The highest BCUT2D eigenvalue weighted by atomic mass is 14.4. The second kappa shape index (κ2) is 10.1. The summed E-state index contributed by atoms with van der Waals surface area (Å²) in [5.41, 5.74) is 0. The second-order valence-corrected chi connectivity index (χ2v) is 9.17. The molecule has 6 atom stereocenters. The van der Waals surface area contributed by atoms with E-state index in [1.54, 1.807) is 25.7 Å². The third-order valence-electron chi connectivity index (χ3n) is 7.53. The molecule has 0 aromatic carbocycles. The maximum atomic E-state index is 2.58. The van der Waals surface area contributed by atoms with E-state index >= 15 is 0 Å². The van der Waals surface area contributed by atoms with Gasteiger partial charge in [-0.2, -0.15) is 0 Å². The Balaban J connectivity index is 1.96. The first-order valence-corrected chi connectivity index (χ1v) is 11.2. The molecule has 0 aromatic rings. The van der Waals surface area contributed by atoms with Crippen LogP contribution in [-0.2, 0) is 0 Å². The van der Waals surface area contributed by atoms with Crippen LogP contribution in [0.2, 0.25) is 0 Å². The summed E-state index contributed by atoms with van der Waals surface area (Å²) in [7, 11) is 0. The predicted molar refractivity (Wildman–Crippen MR) is 104 cm³/mol. The normalized spacial score (nSPS) is 37.3. The SMILES string of the molecule is CCCC(CC)CC1CCCCC2CCC2C(C)CC(CC)C1. The van der Waals surface area contributed by atoms with Crippen LogP contribution in [0.25, 0.3) is 0 Å². The summed E-state index contributed by atoms with van der Waals surface area (Å²) in [5.74, 6) is 6.22. The molecule has 2 saturated carbocycles. The number of hydrogen-bond donors (Lipinski definition) is 0. The lowest BCUT2D eigenvalue weighted by Gasteiger charge is -2.42. The Hall–Kier alpha value is 0. The zero-order valence-electron chi connectivity index (χ0n) is 16.7. The average molecular weight is 321 g/mol. The van der Waals surface area contributed by atoms with Crippen molar-refractivity contribution in [2.75, 3.05) is 0 Å². The van der Waals surface area contributed by atoms with Crippen molar-refractivity contribution in [2.24, 2.45) is 35.5 Å². The van der Waals surface area contributed by atoms with Gasteiger partial charge >= 0.3 is 0 Å². The Morgan fingerprint density at radius 2 is 1.65 bits per heavy atom. The van der Waals surface area contributed by atoms with E-state index in [4.69, 9.17) is 0 Å². The summed E-state index contributed by atoms with van der Waals surface area (Å²) in [5, 5.41) is 0. The highest BCUT2D eigenvalue weighted by Crippen LogP contribution is 2.46. The van der Waals surface area contributed by atoms with Gasteiger partial charge < -0.3 is 0 Å². The summed E-state index contributed by atoms with van der Waals surface area (Å²) in [4.78, 5) is 0. The summed E-state index contributed by atoms with van der Waals surface area (Å²) >= 11 is 0. The van der Waals surface area contributed by atoms with Crippen LogP contribution in [0, 0.1) is 35.5 Å². The predicted octanol–water partition coefficient (Wildman–Crippen LogP) is 7.86. The molecule has 0 heteroatoms. The number of fused-ring (bicyclic) bond motifs is 1. The van der Waals surface area contributed by atoms with E-state index in [-0.39, 0.29) is 0 Å². The van der Waals surface area contributed by atoms with Gasteiger partial charge in [0.05, 0.1) is 0 Å². The van der Waals surface area contributed by atoms with E-state index in [1.165, 1.54) is 57.8 Å². The van der Waals surface area contributed by atoms with E-state index in [1.807, 2.05) is 0 Å². The van der Waals surface area contributed by atoms with Crippen molar-refractivity contribution in [3.8, 4) is 0 Å². The second-order valence-electron chi connectivity index (χ2n) is 9.17. The molecule has 0 aliphatic heterocycles. The largest absolute Gasteiger partial charge is 0.0654 e. The summed E-state index contributed by atoms with van der Waals surface area (Å²) in [6, 6.07) is 0. The smallest absolute Gasteiger partial charge is 0.0360 e. The van der Waals surface area contributed by atoms with Crippen molar-refractivity contribution >= 4 is 0 Å². The highest BCUT2D eigenvalue weighted by Gasteiger charge is 2.35. The fourth-order valence-corrected chi connectivity index (χ4v) is 5.84. The molecule has 0 bridgehead atoms. The van der Waals surface area contributed by atoms with Crippen LogP contribution >= 0.6 is 0 Å². The molecule has 2 aliphatic carbocycles. The lowest BCUT2D eigenvalue weighted by molar-refractivity contribution is 0.0867. The van der Waals surface area contributed by atoms with Crippen LogP contribution in [0.1, 0.15) is 111 Å². The lowest BCUT2D eigenvalue weighted by Crippen LogP contribution is -2.32. The van der Waals surface area contributed by atoms with E-state index in [0.29, 0.717) is 0 Å². The van der Waals surface area contributed by atoms with Crippen LogP contribution in [0.4, 0.5) is 0 Å². The summed E-state index contributed by atoms with van der Waals surface area (Å²) in [6.07, 6.45) is 19.5. The van der Waals surface area contributed by atoms with Crippen LogP contribution in [0.3, 0.4) is 0 Å². The zero-order chi connectivity index (χ0) is 16.7. The molecule has 0 N–H and O–H groups in total. The number of rotatable bonds is 6. The Kier molecular flexibility index (Phi) is 8.48. The van der Waals surface area contributed by atoms with E-state index < -0.39 is 0 Å². The summed E-state index contributed by atoms with van der Waals surface area (Å²) < 4.78 is 0. The molecule has 0 saturated heterocycles. The van der Waals surface area contributed by atoms with Crippen molar-refractivity contribution in [3.63, 3.8) is 0 Å². The molecule has 0 nitrogen and oxygen atoms in total. The highest BCUT2D eigenvalue weighted by molar-refractivity contribution is 4.86. The van der Waals surface area contributed by atoms with Gasteiger partial charge in [-0.25, -0.2) is 0 Å². The van der Waals surface area contributed by atoms with Gasteiger partial charge in [-0.05, 0) is 67.6 Å². The topological polar surface area (TPSA) is 0 Å². The van der Waals surface area contributed by atoms with Gasteiger partial charge in [0.1, 0.15) is 0 Å². The molecule has 0 radical (unpaired) electrons. The molecule has 0 heterocycles. The Bertz CT molecular complexity index is 307. The third-order valence-corrected chi connectivity index (χ3v) is 7.53. The van der Waals surface area contributed by atoms with Gasteiger partial charge in [0.25, 0.3) is 0 Å². The van der Waals surface area contributed by atoms with Gasteiger partial charge in [-0.15, -0.1) is 0 Å². The molecule has 0 amide bonds. The van der Waals surface area contributed by atoms with Crippen molar-refractivity contribution in [3.05, 3.63) is 0 Å². The van der Waals surface area contributed by atoms with Gasteiger partial charge in [-0.3, -0.25) is 0 Å². The van der Waals surface area contributed by atoms with E-state index in [2.05, 4.69) is 27.7 Å².